The molecule has 0 aliphatic heterocycles. The first-order valence-corrected chi connectivity index (χ1v) is 8.26. The van der Waals surface area contributed by atoms with Crippen LogP contribution >= 0.6 is 23.2 Å². The summed E-state index contributed by atoms with van der Waals surface area (Å²) in [6, 6.07) is 19.2. The van der Waals surface area contributed by atoms with Gasteiger partial charge >= 0.3 is 0 Å². The predicted octanol–water partition coefficient (Wildman–Crippen LogP) is 6.25. The monoisotopic (exact) mass is 358 g/mol. The van der Waals surface area contributed by atoms with E-state index >= 15 is 0 Å². The van der Waals surface area contributed by atoms with E-state index in [1.807, 2.05) is 30.3 Å². The first-order chi connectivity index (χ1) is 11.6. The van der Waals surface area contributed by atoms with Crippen LogP contribution in [0.5, 0.6) is 11.5 Å². The number of hydrogen-bond donors (Lipinski definition) is 1. The van der Waals surface area contributed by atoms with E-state index in [1.54, 1.807) is 0 Å². The number of hydrogen-bond acceptors (Lipinski definition) is 2. The molecule has 3 aromatic rings. The van der Waals surface area contributed by atoms with E-state index in [-0.39, 0.29) is 15.8 Å². The van der Waals surface area contributed by atoms with E-state index in [1.165, 1.54) is 17.7 Å². The molecule has 122 valence electrons. The summed E-state index contributed by atoms with van der Waals surface area (Å²) in [5.74, 6) is 0.389. The van der Waals surface area contributed by atoms with Crippen molar-refractivity contribution in [2.45, 2.75) is 13.5 Å². The van der Waals surface area contributed by atoms with Gasteiger partial charge < -0.3 is 9.84 Å². The molecule has 0 saturated carbocycles. The molecular weight excluding hydrogens is 343 g/mol. The second kappa shape index (κ2) is 7.16. The molecule has 0 atom stereocenters. The lowest BCUT2D eigenvalue weighted by atomic mass is 9.97. The van der Waals surface area contributed by atoms with E-state index in [9.17, 15) is 5.11 Å². The minimum atomic E-state index is 0.0135. The van der Waals surface area contributed by atoms with Crippen LogP contribution in [0, 0.1) is 6.92 Å². The molecule has 0 spiro atoms. The van der Waals surface area contributed by atoms with E-state index in [0.717, 1.165) is 16.7 Å². The van der Waals surface area contributed by atoms with E-state index in [4.69, 9.17) is 27.9 Å². The molecule has 24 heavy (non-hydrogen) atoms. The lowest BCUT2D eigenvalue weighted by Gasteiger charge is -2.14. The van der Waals surface area contributed by atoms with Crippen molar-refractivity contribution >= 4 is 23.2 Å². The molecule has 0 amide bonds. The van der Waals surface area contributed by atoms with E-state index in [0.29, 0.717) is 12.4 Å². The molecule has 0 aliphatic carbocycles. The third-order valence-electron chi connectivity index (χ3n) is 3.89. The van der Waals surface area contributed by atoms with Gasteiger partial charge in [-0.15, -0.1) is 0 Å². The predicted molar refractivity (Wildman–Crippen MR) is 99.1 cm³/mol. The van der Waals surface area contributed by atoms with Crippen molar-refractivity contribution in [3.8, 4) is 22.6 Å². The second-order valence-electron chi connectivity index (χ2n) is 5.48. The van der Waals surface area contributed by atoms with Crippen molar-refractivity contribution in [1.82, 2.24) is 0 Å². The summed E-state index contributed by atoms with van der Waals surface area (Å²) in [5, 5.41) is 10.1. The first kappa shape index (κ1) is 16.7. The van der Waals surface area contributed by atoms with Gasteiger partial charge in [-0.3, -0.25) is 0 Å². The van der Waals surface area contributed by atoms with Gasteiger partial charge in [0.15, 0.2) is 5.75 Å². The minimum absolute atomic E-state index is 0.0135. The summed E-state index contributed by atoms with van der Waals surface area (Å²) in [7, 11) is 0. The number of halogens is 2. The fourth-order valence-electron chi connectivity index (χ4n) is 2.60. The Labute approximate surface area is 151 Å². The molecule has 4 heteroatoms. The van der Waals surface area contributed by atoms with Gasteiger partial charge in [-0.2, -0.15) is 0 Å². The van der Waals surface area contributed by atoms with Gasteiger partial charge in [0.05, 0.1) is 10.0 Å². The molecule has 3 aromatic carbocycles. The molecule has 1 N–H and O–H groups in total. The highest BCUT2D eigenvalue weighted by atomic mass is 35.5. The van der Waals surface area contributed by atoms with Crippen molar-refractivity contribution in [1.29, 1.82) is 0 Å². The molecule has 3 rings (SSSR count). The quantitative estimate of drug-likeness (QED) is 0.596. The van der Waals surface area contributed by atoms with Gasteiger partial charge in [-0.25, -0.2) is 0 Å². The smallest absolute Gasteiger partial charge is 0.157 e. The molecule has 2 nitrogen and oxygen atoms in total. The highest BCUT2D eigenvalue weighted by Gasteiger charge is 2.12. The Morgan fingerprint density at radius 1 is 0.917 bits per heavy atom. The van der Waals surface area contributed by atoms with Crippen LogP contribution in [-0.2, 0) is 6.61 Å². The standard InChI is InChI=1S/C20H16Cl2O2/c1-13-15(8-5-9-17(13)14-6-3-2-4-7-14)12-24-20-18(21)10-16(23)11-19(20)22/h2-11,23H,12H2,1H3. The Morgan fingerprint density at radius 2 is 1.58 bits per heavy atom. The number of benzene rings is 3. The maximum atomic E-state index is 9.49. The first-order valence-electron chi connectivity index (χ1n) is 7.51. The lowest BCUT2D eigenvalue weighted by molar-refractivity contribution is 0.305. The highest BCUT2D eigenvalue weighted by Crippen LogP contribution is 2.37. The summed E-state index contributed by atoms with van der Waals surface area (Å²) in [6.45, 7) is 2.41. The van der Waals surface area contributed by atoms with Gasteiger partial charge in [-0.05, 0) is 29.2 Å². The Morgan fingerprint density at radius 3 is 2.25 bits per heavy atom. The topological polar surface area (TPSA) is 29.5 Å². The van der Waals surface area contributed by atoms with Crippen molar-refractivity contribution in [2.24, 2.45) is 0 Å². The van der Waals surface area contributed by atoms with Crippen LogP contribution in [0.4, 0.5) is 0 Å². The molecule has 0 heterocycles. The normalized spacial score (nSPS) is 10.6. The highest BCUT2D eigenvalue weighted by molar-refractivity contribution is 6.37. The third-order valence-corrected chi connectivity index (χ3v) is 4.45. The molecule has 0 radical (unpaired) electrons. The summed E-state index contributed by atoms with van der Waals surface area (Å²) in [5.41, 5.74) is 4.53. The van der Waals surface area contributed by atoms with Gasteiger partial charge in [-0.1, -0.05) is 71.7 Å². The van der Waals surface area contributed by atoms with Crippen LogP contribution in [0.15, 0.2) is 60.7 Å². The summed E-state index contributed by atoms with van der Waals surface area (Å²) < 4.78 is 5.81. The number of ether oxygens (including phenoxy) is 1. The SMILES string of the molecule is Cc1c(COc2c(Cl)cc(O)cc2Cl)cccc1-c1ccccc1. The van der Waals surface area contributed by atoms with Crippen molar-refractivity contribution in [3.63, 3.8) is 0 Å². The zero-order chi connectivity index (χ0) is 17.1. The molecule has 0 aliphatic rings. The Balaban J connectivity index is 1.87. The third kappa shape index (κ3) is 3.50. The number of phenolic OH excluding ortho intramolecular Hbond substituents is 1. The van der Waals surface area contributed by atoms with Crippen molar-refractivity contribution in [2.75, 3.05) is 0 Å². The van der Waals surface area contributed by atoms with Crippen LogP contribution < -0.4 is 4.74 Å². The zero-order valence-electron chi connectivity index (χ0n) is 13.1. The molecule has 0 aromatic heterocycles. The van der Waals surface area contributed by atoms with Crippen LogP contribution in [-0.4, -0.2) is 5.11 Å². The van der Waals surface area contributed by atoms with Gasteiger partial charge in [0, 0.05) is 12.1 Å². The van der Waals surface area contributed by atoms with Crippen molar-refractivity contribution in [3.05, 3.63) is 81.8 Å². The maximum Gasteiger partial charge on any atom is 0.157 e. The number of rotatable bonds is 4. The van der Waals surface area contributed by atoms with Crippen molar-refractivity contribution < 1.29 is 9.84 Å². The van der Waals surface area contributed by atoms with Gasteiger partial charge in [0.25, 0.3) is 0 Å². The average Bonchev–Trinajstić information content (AvgIpc) is 2.56. The van der Waals surface area contributed by atoms with Crippen LogP contribution in [0.1, 0.15) is 11.1 Å². The van der Waals surface area contributed by atoms with Crippen LogP contribution in [0.25, 0.3) is 11.1 Å². The van der Waals surface area contributed by atoms with Gasteiger partial charge in [0.1, 0.15) is 12.4 Å². The summed E-state index contributed by atoms with van der Waals surface area (Å²) >= 11 is 12.2. The Kier molecular flexibility index (Phi) is 4.98. The number of aromatic hydroxyl groups is 1. The summed E-state index contributed by atoms with van der Waals surface area (Å²) in [6.07, 6.45) is 0. The van der Waals surface area contributed by atoms with Crippen LogP contribution in [0.3, 0.4) is 0 Å². The van der Waals surface area contributed by atoms with Gasteiger partial charge in [0.2, 0.25) is 0 Å². The maximum absolute atomic E-state index is 9.49. The van der Waals surface area contributed by atoms with E-state index < -0.39 is 0 Å². The lowest BCUT2D eigenvalue weighted by Crippen LogP contribution is -2.00. The molecule has 0 fully saturated rings. The minimum Gasteiger partial charge on any atom is -0.508 e. The fraction of sp³-hybridized carbons (Fsp3) is 0.100. The Hall–Kier alpha value is -2.16. The zero-order valence-corrected chi connectivity index (χ0v) is 14.6. The second-order valence-corrected chi connectivity index (χ2v) is 6.30. The average molecular weight is 359 g/mol. The Bertz CT molecular complexity index is 838. The molecule has 0 bridgehead atoms. The largest absolute Gasteiger partial charge is 0.508 e. The molecular formula is C20H16Cl2O2. The van der Waals surface area contributed by atoms with E-state index in [2.05, 4.69) is 25.1 Å². The van der Waals surface area contributed by atoms with Crippen LogP contribution in [0.2, 0.25) is 10.0 Å². The molecule has 0 saturated heterocycles. The summed E-state index contributed by atoms with van der Waals surface area (Å²) in [4.78, 5) is 0. The molecule has 0 unspecified atom stereocenters. The fourth-order valence-corrected chi connectivity index (χ4v) is 3.19. The number of phenols is 1.